The molecule has 1 aliphatic heterocycles. The van der Waals surface area contributed by atoms with Crippen LogP contribution in [-0.4, -0.2) is 44.8 Å². The predicted molar refractivity (Wildman–Crippen MR) is 130 cm³/mol. The van der Waals surface area contributed by atoms with Gasteiger partial charge in [-0.1, -0.05) is 18.5 Å². The van der Waals surface area contributed by atoms with Gasteiger partial charge in [0, 0.05) is 17.0 Å². The molecule has 0 bridgehead atoms. The van der Waals surface area contributed by atoms with Crippen LogP contribution in [0.5, 0.6) is 5.75 Å². The number of rotatable bonds is 7. The Balaban J connectivity index is 1.63. The lowest BCUT2D eigenvalue weighted by atomic mass is 10.1. The molecule has 180 valence electrons. The molecule has 1 amide bonds. The quantitative estimate of drug-likeness (QED) is 0.504. The van der Waals surface area contributed by atoms with E-state index in [9.17, 15) is 9.59 Å². The molecule has 0 aliphatic carbocycles. The number of hydrogen-bond donors (Lipinski definition) is 2. The maximum absolute atomic E-state index is 12.9. The molecule has 0 saturated carbocycles. The fourth-order valence-corrected chi connectivity index (χ4v) is 4.02. The maximum Gasteiger partial charge on any atom is 0.417 e. The number of hydrogen-bond acceptors (Lipinski definition) is 8. The summed E-state index contributed by atoms with van der Waals surface area (Å²) < 4.78 is 10.9. The van der Waals surface area contributed by atoms with Crippen LogP contribution in [0, 0.1) is 6.92 Å². The van der Waals surface area contributed by atoms with Gasteiger partial charge in [-0.05, 0) is 46.2 Å². The summed E-state index contributed by atoms with van der Waals surface area (Å²) in [6.45, 7) is 9.60. The molecule has 3 heterocycles. The van der Waals surface area contributed by atoms with Gasteiger partial charge in [-0.25, -0.2) is 9.69 Å². The van der Waals surface area contributed by atoms with Crippen molar-refractivity contribution in [3.05, 3.63) is 45.0 Å². The first-order chi connectivity index (χ1) is 16.2. The Morgan fingerprint density at radius 1 is 1.24 bits per heavy atom. The van der Waals surface area contributed by atoms with E-state index >= 15 is 0 Å². The van der Waals surface area contributed by atoms with Gasteiger partial charge in [-0.2, -0.15) is 15.0 Å². The van der Waals surface area contributed by atoms with E-state index in [2.05, 4.69) is 25.3 Å². The third kappa shape index (κ3) is 4.77. The summed E-state index contributed by atoms with van der Waals surface area (Å²) in [6.07, 6.45) is 0.170. The van der Waals surface area contributed by atoms with Gasteiger partial charge in [0.1, 0.15) is 18.2 Å². The molecule has 10 nitrogen and oxygen atoms in total. The maximum atomic E-state index is 12.9. The fraction of sp³-hybridized carbons (Fsp3) is 0.435. The lowest BCUT2D eigenvalue weighted by molar-refractivity contribution is 0.178. The van der Waals surface area contributed by atoms with E-state index in [4.69, 9.17) is 21.1 Å². The molecule has 1 fully saturated rings. The van der Waals surface area contributed by atoms with Crippen LogP contribution < -0.4 is 20.5 Å². The van der Waals surface area contributed by atoms with Crippen LogP contribution in [-0.2, 0) is 4.74 Å². The van der Waals surface area contributed by atoms with Crippen molar-refractivity contribution in [2.24, 2.45) is 0 Å². The van der Waals surface area contributed by atoms with Crippen molar-refractivity contribution in [3.63, 3.8) is 0 Å². The number of carbonyl (C=O) groups is 1. The van der Waals surface area contributed by atoms with Crippen molar-refractivity contribution in [1.82, 2.24) is 19.9 Å². The highest BCUT2D eigenvalue weighted by Crippen LogP contribution is 2.31. The number of pyridine rings is 1. The third-order valence-corrected chi connectivity index (χ3v) is 5.78. The summed E-state index contributed by atoms with van der Waals surface area (Å²) in [5.74, 6) is 1.42. The van der Waals surface area contributed by atoms with Crippen molar-refractivity contribution in [2.45, 2.75) is 59.2 Å². The van der Waals surface area contributed by atoms with Gasteiger partial charge in [0.15, 0.2) is 0 Å². The lowest BCUT2D eigenvalue weighted by Gasteiger charge is -2.20. The number of H-pyrrole nitrogens is 1. The van der Waals surface area contributed by atoms with Gasteiger partial charge in [0.05, 0.1) is 28.7 Å². The second kappa shape index (κ2) is 9.46. The Morgan fingerprint density at radius 2 is 2.00 bits per heavy atom. The molecule has 34 heavy (non-hydrogen) atoms. The first-order valence-electron chi connectivity index (χ1n) is 11.1. The van der Waals surface area contributed by atoms with Gasteiger partial charge >= 0.3 is 6.09 Å². The Bertz CT molecular complexity index is 1290. The second-order valence-electron chi connectivity index (χ2n) is 8.47. The number of cyclic esters (lactones) is 1. The highest BCUT2D eigenvalue weighted by atomic mass is 35.5. The van der Waals surface area contributed by atoms with E-state index in [0.29, 0.717) is 34.1 Å². The van der Waals surface area contributed by atoms with E-state index in [1.165, 1.54) is 4.90 Å². The van der Waals surface area contributed by atoms with Crippen molar-refractivity contribution in [1.29, 1.82) is 0 Å². The highest BCUT2D eigenvalue weighted by molar-refractivity contribution is 6.32. The number of anilines is 2. The van der Waals surface area contributed by atoms with Gasteiger partial charge < -0.3 is 19.8 Å². The minimum atomic E-state index is -0.486. The summed E-state index contributed by atoms with van der Waals surface area (Å²) in [5, 5.41) is 4.37. The number of fused-ring (bicyclic) bond motifs is 1. The molecule has 0 radical (unpaired) electrons. The van der Waals surface area contributed by atoms with E-state index < -0.39 is 12.1 Å². The topological polar surface area (TPSA) is 122 Å². The van der Waals surface area contributed by atoms with Crippen LogP contribution in [0.3, 0.4) is 0 Å². The zero-order chi connectivity index (χ0) is 24.6. The minimum absolute atomic E-state index is 0.0473. The summed E-state index contributed by atoms with van der Waals surface area (Å²) in [7, 11) is 0. The Hall–Kier alpha value is -3.40. The molecule has 2 atom stereocenters. The molecule has 4 rings (SSSR count). The van der Waals surface area contributed by atoms with E-state index in [1.807, 2.05) is 27.7 Å². The van der Waals surface area contributed by atoms with Crippen LogP contribution in [0.1, 0.15) is 51.5 Å². The highest BCUT2D eigenvalue weighted by Gasteiger charge is 2.35. The molecular formula is C23H27ClN6O4. The number of halogens is 1. The van der Waals surface area contributed by atoms with E-state index in [1.54, 1.807) is 25.1 Å². The number of aromatic amines is 1. The zero-order valence-electron chi connectivity index (χ0n) is 19.7. The first-order valence-corrected chi connectivity index (χ1v) is 11.5. The first kappa shape index (κ1) is 23.7. The fourth-order valence-electron chi connectivity index (χ4n) is 3.81. The zero-order valence-corrected chi connectivity index (χ0v) is 20.4. The molecule has 1 aliphatic rings. The standard InChI is InChI=1S/C23H27ClN6O4/c1-6-15-10-33-23(32)30(15)22-27-13(5)26-21(29-22)25-12(4)16-7-14-8-17(24)19(34-11(2)3)9-18(14)28-20(16)31/h7-9,11-12,15H,6,10H2,1-5H3,(H,28,31)(H,25,26,27,29)/t12-,15+/m1/s1. The normalized spacial score (nSPS) is 16.7. The molecule has 1 aromatic carbocycles. The number of ether oxygens (including phenoxy) is 2. The van der Waals surface area contributed by atoms with Crippen molar-refractivity contribution in [2.75, 3.05) is 16.8 Å². The monoisotopic (exact) mass is 486 g/mol. The summed E-state index contributed by atoms with van der Waals surface area (Å²) >= 11 is 6.38. The van der Waals surface area contributed by atoms with Crippen LogP contribution in [0.25, 0.3) is 10.9 Å². The number of nitrogens with zero attached hydrogens (tertiary/aromatic N) is 4. The smallest absolute Gasteiger partial charge is 0.417 e. The van der Waals surface area contributed by atoms with Gasteiger partial charge in [-0.3, -0.25) is 4.79 Å². The second-order valence-corrected chi connectivity index (χ2v) is 8.88. The molecule has 1 saturated heterocycles. The molecule has 2 N–H and O–H groups in total. The number of carbonyl (C=O) groups excluding carboxylic acids is 1. The molecule has 3 aromatic rings. The SMILES string of the molecule is CC[C@H]1COC(=O)N1c1nc(C)nc(N[C@H](C)c2cc3cc(Cl)c(OC(C)C)cc3[nH]c2=O)n1. The number of amides is 1. The van der Waals surface area contributed by atoms with Crippen LogP contribution in [0.4, 0.5) is 16.7 Å². The summed E-state index contributed by atoms with van der Waals surface area (Å²) in [4.78, 5) is 42.5. The number of aromatic nitrogens is 4. The summed E-state index contributed by atoms with van der Waals surface area (Å²) in [6, 6.07) is 4.67. The van der Waals surface area contributed by atoms with Crippen molar-refractivity contribution >= 4 is 40.5 Å². The number of nitrogens with one attached hydrogen (secondary N) is 2. The minimum Gasteiger partial charge on any atom is -0.489 e. The van der Waals surface area contributed by atoms with Crippen LogP contribution in [0.2, 0.25) is 5.02 Å². The number of benzene rings is 1. The van der Waals surface area contributed by atoms with E-state index in [-0.39, 0.29) is 36.2 Å². The third-order valence-electron chi connectivity index (χ3n) is 5.48. The molecule has 2 aromatic heterocycles. The molecular weight excluding hydrogens is 460 g/mol. The Morgan fingerprint density at radius 3 is 2.71 bits per heavy atom. The van der Waals surface area contributed by atoms with Gasteiger partial charge in [0.2, 0.25) is 11.9 Å². The predicted octanol–water partition coefficient (Wildman–Crippen LogP) is 4.37. The molecule has 0 unspecified atom stereocenters. The molecule has 11 heteroatoms. The van der Waals surface area contributed by atoms with Crippen LogP contribution in [0.15, 0.2) is 23.0 Å². The largest absolute Gasteiger partial charge is 0.489 e. The molecule has 0 spiro atoms. The van der Waals surface area contributed by atoms with Crippen molar-refractivity contribution < 1.29 is 14.3 Å². The number of aryl methyl sites for hydroxylation is 1. The van der Waals surface area contributed by atoms with Gasteiger partial charge in [-0.15, -0.1) is 0 Å². The van der Waals surface area contributed by atoms with Crippen LogP contribution >= 0.6 is 11.6 Å². The summed E-state index contributed by atoms with van der Waals surface area (Å²) in [5.41, 5.74) is 0.843. The van der Waals surface area contributed by atoms with Crippen molar-refractivity contribution in [3.8, 4) is 5.75 Å². The Labute approximate surface area is 201 Å². The Kier molecular flexibility index (Phi) is 6.60. The lowest BCUT2D eigenvalue weighted by Crippen LogP contribution is -2.35. The van der Waals surface area contributed by atoms with E-state index in [0.717, 1.165) is 5.39 Å². The average molecular weight is 487 g/mol. The van der Waals surface area contributed by atoms with Gasteiger partial charge in [0.25, 0.3) is 5.56 Å². The average Bonchev–Trinajstić information content (AvgIpc) is 3.14.